The van der Waals surface area contributed by atoms with E-state index in [1.807, 2.05) is 19.1 Å². The molecular formula is C19H23NO5. The standard InChI is InChI=1S/C19H23NO5/c1-11-15-8-7-14(24-2)9-16(15)25-17(11)18(21)20-10-12-3-5-13(6-4-12)19(22)23/h7-9,12-13H,3-6,10H2,1-2H3,(H,20,21)(H,22,23). The first-order valence-electron chi connectivity index (χ1n) is 8.57. The number of hydrogen-bond acceptors (Lipinski definition) is 4. The molecule has 3 rings (SSSR count). The lowest BCUT2D eigenvalue weighted by molar-refractivity contribution is -0.143. The van der Waals surface area contributed by atoms with Gasteiger partial charge < -0.3 is 19.6 Å². The SMILES string of the molecule is COc1ccc2c(C)c(C(=O)NCC3CCC(C(=O)O)CC3)oc2c1. The molecule has 0 radical (unpaired) electrons. The largest absolute Gasteiger partial charge is 0.497 e. The molecular weight excluding hydrogens is 322 g/mol. The number of nitrogens with one attached hydrogen (secondary N) is 1. The normalized spacial score (nSPS) is 20.4. The van der Waals surface area contributed by atoms with Crippen LogP contribution in [0.25, 0.3) is 11.0 Å². The van der Waals surface area contributed by atoms with Gasteiger partial charge in [-0.15, -0.1) is 0 Å². The predicted octanol–water partition coefficient (Wildman–Crippen LogP) is 3.37. The predicted molar refractivity (Wildman–Crippen MR) is 92.9 cm³/mol. The molecule has 0 spiro atoms. The summed E-state index contributed by atoms with van der Waals surface area (Å²) in [6.45, 7) is 2.41. The van der Waals surface area contributed by atoms with E-state index in [9.17, 15) is 9.59 Å². The van der Waals surface area contributed by atoms with Crippen molar-refractivity contribution >= 4 is 22.8 Å². The van der Waals surface area contributed by atoms with Crippen LogP contribution in [0.2, 0.25) is 0 Å². The van der Waals surface area contributed by atoms with Crippen molar-refractivity contribution < 1.29 is 23.8 Å². The van der Waals surface area contributed by atoms with Crippen LogP contribution < -0.4 is 10.1 Å². The smallest absolute Gasteiger partial charge is 0.306 e. The molecule has 2 N–H and O–H groups in total. The lowest BCUT2D eigenvalue weighted by Gasteiger charge is -2.26. The van der Waals surface area contributed by atoms with Crippen molar-refractivity contribution in [1.82, 2.24) is 5.32 Å². The Morgan fingerprint density at radius 1 is 1.28 bits per heavy atom. The Morgan fingerprint density at radius 3 is 2.64 bits per heavy atom. The maximum absolute atomic E-state index is 12.5. The summed E-state index contributed by atoms with van der Waals surface area (Å²) in [6.07, 6.45) is 3.01. The van der Waals surface area contributed by atoms with E-state index in [1.54, 1.807) is 13.2 Å². The van der Waals surface area contributed by atoms with Crippen LogP contribution in [0.1, 0.15) is 41.8 Å². The van der Waals surface area contributed by atoms with Crippen molar-refractivity contribution in [1.29, 1.82) is 0 Å². The molecule has 6 nitrogen and oxygen atoms in total. The van der Waals surface area contributed by atoms with Crippen LogP contribution in [-0.4, -0.2) is 30.6 Å². The number of aryl methyl sites for hydroxylation is 1. The van der Waals surface area contributed by atoms with E-state index >= 15 is 0 Å². The van der Waals surface area contributed by atoms with Crippen molar-refractivity contribution in [3.8, 4) is 5.75 Å². The molecule has 2 aromatic rings. The molecule has 1 aromatic carbocycles. The summed E-state index contributed by atoms with van der Waals surface area (Å²) < 4.78 is 10.9. The number of rotatable bonds is 5. The van der Waals surface area contributed by atoms with Gasteiger partial charge in [0.05, 0.1) is 13.0 Å². The second kappa shape index (κ2) is 7.17. The van der Waals surface area contributed by atoms with Crippen molar-refractivity contribution in [2.24, 2.45) is 11.8 Å². The first kappa shape index (κ1) is 17.3. The van der Waals surface area contributed by atoms with Gasteiger partial charge in [-0.3, -0.25) is 9.59 Å². The number of carboxylic acids is 1. The highest BCUT2D eigenvalue weighted by Gasteiger charge is 2.26. The number of hydrogen-bond donors (Lipinski definition) is 2. The maximum atomic E-state index is 12.5. The van der Waals surface area contributed by atoms with E-state index in [0.29, 0.717) is 42.4 Å². The third-order valence-corrected chi connectivity index (χ3v) is 5.10. The van der Waals surface area contributed by atoms with E-state index in [-0.39, 0.29) is 11.8 Å². The van der Waals surface area contributed by atoms with Crippen molar-refractivity contribution in [3.63, 3.8) is 0 Å². The van der Waals surface area contributed by atoms with Gasteiger partial charge in [0.2, 0.25) is 0 Å². The molecule has 1 aliphatic rings. The average Bonchev–Trinajstić information content (AvgIpc) is 2.96. The number of carboxylic acid groups (broad SMARTS) is 1. The molecule has 1 aliphatic carbocycles. The highest BCUT2D eigenvalue weighted by atomic mass is 16.5. The fraction of sp³-hybridized carbons (Fsp3) is 0.474. The highest BCUT2D eigenvalue weighted by Crippen LogP contribution is 2.30. The lowest BCUT2D eigenvalue weighted by Crippen LogP contribution is -2.32. The molecule has 0 bridgehead atoms. The van der Waals surface area contributed by atoms with E-state index in [0.717, 1.165) is 23.8 Å². The Bertz CT molecular complexity index is 786. The number of carbonyl (C=O) groups is 2. The van der Waals surface area contributed by atoms with Crippen molar-refractivity contribution in [3.05, 3.63) is 29.5 Å². The summed E-state index contributed by atoms with van der Waals surface area (Å²) >= 11 is 0. The van der Waals surface area contributed by atoms with Crippen LogP contribution in [0.15, 0.2) is 22.6 Å². The number of carbonyl (C=O) groups excluding carboxylic acids is 1. The molecule has 1 amide bonds. The summed E-state index contributed by atoms with van der Waals surface area (Å²) in [5.41, 5.74) is 1.44. The average molecular weight is 345 g/mol. The molecule has 25 heavy (non-hydrogen) atoms. The minimum atomic E-state index is -0.712. The summed E-state index contributed by atoms with van der Waals surface area (Å²) in [5.74, 6) is 0.151. The van der Waals surface area contributed by atoms with E-state index in [2.05, 4.69) is 5.32 Å². The Kier molecular flexibility index (Phi) is 4.97. The molecule has 0 atom stereocenters. The van der Waals surface area contributed by atoms with Crippen LogP contribution in [-0.2, 0) is 4.79 Å². The molecule has 1 fully saturated rings. The summed E-state index contributed by atoms with van der Waals surface area (Å²) in [4.78, 5) is 23.5. The second-order valence-corrected chi connectivity index (χ2v) is 6.68. The number of furan rings is 1. The van der Waals surface area contributed by atoms with Gasteiger partial charge >= 0.3 is 5.97 Å². The van der Waals surface area contributed by atoms with Crippen LogP contribution in [0.4, 0.5) is 0 Å². The third-order valence-electron chi connectivity index (χ3n) is 5.10. The monoisotopic (exact) mass is 345 g/mol. The highest BCUT2D eigenvalue weighted by molar-refractivity contribution is 5.99. The van der Waals surface area contributed by atoms with Gasteiger partial charge in [0, 0.05) is 23.6 Å². The van der Waals surface area contributed by atoms with Gasteiger partial charge in [0.25, 0.3) is 5.91 Å². The van der Waals surface area contributed by atoms with Gasteiger partial charge in [-0.05, 0) is 50.7 Å². The zero-order valence-corrected chi connectivity index (χ0v) is 14.5. The zero-order valence-electron chi connectivity index (χ0n) is 14.5. The van der Waals surface area contributed by atoms with Crippen LogP contribution >= 0.6 is 0 Å². The van der Waals surface area contributed by atoms with E-state index in [1.165, 1.54) is 0 Å². The minimum absolute atomic E-state index is 0.229. The topological polar surface area (TPSA) is 88.8 Å². The fourth-order valence-corrected chi connectivity index (χ4v) is 3.48. The Morgan fingerprint density at radius 2 is 2.00 bits per heavy atom. The molecule has 134 valence electrons. The quantitative estimate of drug-likeness (QED) is 0.867. The molecule has 0 aliphatic heterocycles. The molecule has 0 saturated heterocycles. The Hall–Kier alpha value is -2.50. The minimum Gasteiger partial charge on any atom is -0.497 e. The van der Waals surface area contributed by atoms with Gasteiger partial charge in [0.15, 0.2) is 5.76 Å². The van der Waals surface area contributed by atoms with Crippen LogP contribution in [0.5, 0.6) is 5.75 Å². The molecule has 1 saturated carbocycles. The molecule has 1 heterocycles. The number of benzene rings is 1. The number of amides is 1. The van der Waals surface area contributed by atoms with E-state index in [4.69, 9.17) is 14.3 Å². The van der Waals surface area contributed by atoms with Crippen LogP contribution in [0, 0.1) is 18.8 Å². The Balaban J connectivity index is 1.63. The van der Waals surface area contributed by atoms with Gasteiger partial charge in [-0.1, -0.05) is 0 Å². The van der Waals surface area contributed by atoms with E-state index < -0.39 is 5.97 Å². The lowest BCUT2D eigenvalue weighted by atomic mass is 9.82. The Labute approximate surface area is 146 Å². The number of ether oxygens (including phenoxy) is 1. The molecule has 0 unspecified atom stereocenters. The van der Waals surface area contributed by atoms with Crippen LogP contribution in [0.3, 0.4) is 0 Å². The van der Waals surface area contributed by atoms with Crippen molar-refractivity contribution in [2.75, 3.05) is 13.7 Å². The zero-order chi connectivity index (χ0) is 18.0. The third kappa shape index (κ3) is 3.62. The first-order valence-corrected chi connectivity index (χ1v) is 8.57. The maximum Gasteiger partial charge on any atom is 0.306 e. The number of methoxy groups -OCH3 is 1. The number of fused-ring (bicyclic) bond motifs is 1. The summed E-state index contributed by atoms with van der Waals surface area (Å²) in [5, 5.41) is 12.9. The van der Waals surface area contributed by atoms with Gasteiger partial charge in [-0.2, -0.15) is 0 Å². The molecule has 1 aromatic heterocycles. The molecule has 6 heteroatoms. The summed E-state index contributed by atoms with van der Waals surface area (Å²) in [7, 11) is 1.59. The summed E-state index contributed by atoms with van der Waals surface area (Å²) in [6, 6.07) is 5.50. The second-order valence-electron chi connectivity index (χ2n) is 6.68. The first-order chi connectivity index (χ1) is 12.0. The van der Waals surface area contributed by atoms with Crippen molar-refractivity contribution in [2.45, 2.75) is 32.6 Å². The fourth-order valence-electron chi connectivity index (χ4n) is 3.48. The number of aliphatic carboxylic acids is 1. The van der Waals surface area contributed by atoms with Gasteiger partial charge in [0.1, 0.15) is 11.3 Å². The van der Waals surface area contributed by atoms with Gasteiger partial charge in [-0.25, -0.2) is 0 Å².